The number of quaternary nitrogens is 1. The zero-order valence-electron chi connectivity index (χ0n) is 18.8. The number of benzene rings is 1. The Bertz CT molecular complexity index is 641. The Morgan fingerprint density at radius 2 is 1.33 bits per heavy atom. The first kappa shape index (κ1) is 24.2. The predicted molar refractivity (Wildman–Crippen MR) is 112 cm³/mol. The van der Waals surface area contributed by atoms with E-state index < -0.39 is 13.4 Å². The van der Waals surface area contributed by atoms with Gasteiger partial charge in [0.25, 0.3) is 0 Å². The highest BCUT2D eigenvalue weighted by Gasteiger charge is 2.43. The van der Waals surface area contributed by atoms with Gasteiger partial charge in [-0.25, -0.2) is 0 Å². The van der Waals surface area contributed by atoms with Crippen molar-refractivity contribution in [3.8, 4) is 5.75 Å². The van der Waals surface area contributed by atoms with Crippen LogP contribution in [0.4, 0.5) is 0 Å². The van der Waals surface area contributed by atoms with Crippen LogP contribution in [0, 0.1) is 0 Å². The van der Waals surface area contributed by atoms with Gasteiger partial charge in [0.15, 0.2) is 0 Å². The van der Waals surface area contributed by atoms with E-state index in [4.69, 9.17) is 9.05 Å². The maximum absolute atomic E-state index is 13.6. The van der Waals surface area contributed by atoms with Gasteiger partial charge in [-0.05, 0) is 36.8 Å². The second-order valence-electron chi connectivity index (χ2n) is 9.32. The molecule has 6 heteroatoms. The summed E-state index contributed by atoms with van der Waals surface area (Å²) in [5, 5.41) is 11.0. The predicted octanol–water partition coefficient (Wildman–Crippen LogP) is 4.40. The van der Waals surface area contributed by atoms with E-state index in [9.17, 15) is 9.67 Å². The van der Waals surface area contributed by atoms with Gasteiger partial charge < -0.3 is 19.1 Å². The molecule has 0 unspecified atom stereocenters. The highest BCUT2D eigenvalue weighted by molar-refractivity contribution is 7.54. The SMILES string of the molecule is CCOP(=O)(OCC)[C@H](c1cc(C(C)(C)C)c(O)c(C(C)(C)C)c1)[NH+](C)C. The molecule has 0 radical (unpaired) electrons. The highest BCUT2D eigenvalue weighted by Crippen LogP contribution is 2.58. The van der Waals surface area contributed by atoms with Crippen molar-refractivity contribution in [3.63, 3.8) is 0 Å². The van der Waals surface area contributed by atoms with E-state index in [0.29, 0.717) is 19.0 Å². The van der Waals surface area contributed by atoms with Crippen LogP contribution in [0.2, 0.25) is 0 Å². The molecule has 0 aliphatic rings. The van der Waals surface area contributed by atoms with Crippen molar-refractivity contribution < 1.29 is 23.6 Å². The number of nitrogens with one attached hydrogen (secondary N) is 1. The molecule has 0 amide bonds. The van der Waals surface area contributed by atoms with E-state index in [1.165, 1.54) is 0 Å². The number of hydrogen-bond donors (Lipinski definition) is 2. The van der Waals surface area contributed by atoms with Crippen LogP contribution in [0.5, 0.6) is 5.75 Å². The first-order chi connectivity index (χ1) is 12.2. The minimum absolute atomic E-state index is 0.256. The maximum atomic E-state index is 13.6. The number of hydrogen-bond acceptors (Lipinski definition) is 4. The van der Waals surface area contributed by atoms with Crippen LogP contribution in [-0.2, 0) is 24.4 Å². The zero-order valence-corrected chi connectivity index (χ0v) is 19.7. The van der Waals surface area contributed by atoms with Gasteiger partial charge in [0.1, 0.15) is 5.75 Å². The summed E-state index contributed by atoms with van der Waals surface area (Å²) in [6.45, 7) is 16.7. The maximum Gasteiger partial charge on any atom is 0.392 e. The van der Waals surface area contributed by atoms with Crippen molar-refractivity contribution in [2.45, 2.75) is 72.0 Å². The third kappa shape index (κ3) is 5.57. The van der Waals surface area contributed by atoms with E-state index in [0.717, 1.165) is 21.6 Å². The molecule has 156 valence electrons. The molecular formula is C21H39NO4P+. The Balaban J connectivity index is 3.81. The zero-order chi connectivity index (χ0) is 21.2. The first-order valence-corrected chi connectivity index (χ1v) is 11.4. The minimum Gasteiger partial charge on any atom is -0.507 e. The summed E-state index contributed by atoms with van der Waals surface area (Å²) in [7, 11) is 0.523. The number of aromatic hydroxyl groups is 1. The van der Waals surface area contributed by atoms with Crippen LogP contribution in [0.1, 0.15) is 77.9 Å². The summed E-state index contributed by atoms with van der Waals surface area (Å²) >= 11 is 0. The summed E-state index contributed by atoms with van der Waals surface area (Å²) < 4.78 is 25.0. The van der Waals surface area contributed by atoms with Crippen LogP contribution in [0.3, 0.4) is 0 Å². The summed E-state index contributed by atoms with van der Waals surface area (Å²) in [6, 6.07) is 3.93. The topological polar surface area (TPSA) is 60.2 Å². The van der Waals surface area contributed by atoms with Crippen LogP contribution >= 0.6 is 7.60 Å². The quantitative estimate of drug-likeness (QED) is 0.666. The molecule has 0 saturated carbocycles. The lowest BCUT2D eigenvalue weighted by Crippen LogP contribution is -3.05. The monoisotopic (exact) mass is 400 g/mol. The number of phenols is 1. The summed E-state index contributed by atoms with van der Waals surface area (Å²) in [4.78, 5) is 0.964. The lowest BCUT2D eigenvalue weighted by Gasteiger charge is -2.32. The Hall–Kier alpha value is -0.870. The second-order valence-corrected chi connectivity index (χ2v) is 11.4. The average molecular weight is 401 g/mol. The second kappa shape index (κ2) is 8.65. The van der Waals surface area contributed by atoms with Crippen LogP contribution in [-0.4, -0.2) is 32.4 Å². The lowest BCUT2D eigenvalue weighted by atomic mass is 9.78. The first-order valence-electron chi connectivity index (χ1n) is 9.75. The molecule has 0 aliphatic heterocycles. The fourth-order valence-corrected chi connectivity index (χ4v) is 5.58. The molecule has 0 heterocycles. The van der Waals surface area contributed by atoms with E-state index in [1.54, 1.807) is 0 Å². The van der Waals surface area contributed by atoms with E-state index in [-0.39, 0.29) is 10.8 Å². The Morgan fingerprint density at radius 1 is 0.963 bits per heavy atom. The molecule has 0 fully saturated rings. The van der Waals surface area contributed by atoms with Gasteiger partial charge in [0.05, 0.1) is 27.3 Å². The van der Waals surface area contributed by atoms with Crippen molar-refractivity contribution in [2.75, 3.05) is 27.3 Å². The van der Waals surface area contributed by atoms with Gasteiger partial charge in [-0.2, -0.15) is 0 Å². The molecule has 0 bridgehead atoms. The molecule has 0 spiro atoms. The van der Waals surface area contributed by atoms with Crippen molar-refractivity contribution in [1.29, 1.82) is 0 Å². The van der Waals surface area contributed by atoms with Crippen LogP contribution < -0.4 is 4.90 Å². The Labute approximate surface area is 165 Å². The van der Waals surface area contributed by atoms with Gasteiger partial charge in [-0.15, -0.1) is 0 Å². The van der Waals surface area contributed by atoms with Gasteiger partial charge >= 0.3 is 7.60 Å². The van der Waals surface area contributed by atoms with Gasteiger partial charge in [-0.3, -0.25) is 4.57 Å². The molecular weight excluding hydrogens is 361 g/mol. The average Bonchev–Trinajstić information content (AvgIpc) is 2.46. The molecule has 1 rings (SSSR count). The lowest BCUT2D eigenvalue weighted by molar-refractivity contribution is -0.878. The number of rotatable bonds is 7. The van der Waals surface area contributed by atoms with Crippen molar-refractivity contribution in [3.05, 3.63) is 28.8 Å². The summed E-state index contributed by atoms with van der Waals surface area (Å²) in [5.74, 6) is -0.158. The molecule has 0 saturated heterocycles. The third-order valence-corrected chi connectivity index (χ3v) is 7.23. The molecule has 5 nitrogen and oxygen atoms in total. The van der Waals surface area contributed by atoms with Crippen molar-refractivity contribution >= 4 is 7.60 Å². The molecule has 1 aromatic rings. The Kier molecular flexibility index (Phi) is 7.74. The Morgan fingerprint density at radius 3 is 1.59 bits per heavy atom. The molecule has 0 aromatic heterocycles. The highest BCUT2D eigenvalue weighted by atomic mass is 31.2. The molecule has 0 aliphatic carbocycles. The fourth-order valence-electron chi connectivity index (χ4n) is 3.34. The van der Waals surface area contributed by atoms with E-state index in [2.05, 4.69) is 41.5 Å². The molecule has 27 heavy (non-hydrogen) atoms. The van der Waals surface area contributed by atoms with E-state index in [1.807, 2.05) is 40.1 Å². The summed E-state index contributed by atoms with van der Waals surface area (Å²) in [6.07, 6.45) is 0. The fraction of sp³-hybridized carbons (Fsp3) is 0.714. The van der Waals surface area contributed by atoms with Crippen molar-refractivity contribution in [1.82, 2.24) is 0 Å². The molecule has 1 atom stereocenters. The largest absolute Gasteiger partial charge is 0.507 e. The van der Waals surface area contributed by atoms with Gasteiger partial charge in [0.2, 0.25) is 5.78 Å². The van der Waals surface area contributed by atoms with Gasteiger partial charge in [-0.1, -0.05) is 41.5 Å². The van der Waals surface area contributed by atoms with Gasteiger partial charge in [0, 0.05) is 16.7 Å². The molecule has 2 N–H and O–H groups in total. The van der Waals surface area contributed by atoms with Crippen molar-refractivity contribution in [2.24, 2.45) is 0 Å². The van der Waals surface area contributed by atoms with E-state index >= 15 is 0 Å². The number of phenolic OH excluding ortho intramolecular Hbond substituents is 1. The standard InChI is InChI=1S/C21H38NO4P/c1-11-25-27(24,26-12-2)19(22(9)10)15-13-16(20(3,4)5)18(23)17(14-15)21(6,7)8/h13-14,19,23H,11-12H2,1-10H3/p+1/t19-/m1/s1. The van der Waals surface area contributed by atoms with Crippen LogP contribution in [0.25, 0.3) is 0 Å². The third-order valence-electron chi connectivity index (χ3n) is 4.55. The normalized spacial score (nSPS) is 14.6. The minimum atomic E-state index is -3.39. The smallest absolute Gasteiger partial charge is 0.392 e. The molecule has 1 aromatic carbocycles. The summed E-state index contributed by atoms with van der Waals surface area (Å²) in [5.41, 5.74) is 2.04. The van der Waals surface area contributed by atoms with Crippen LogP contribution in [0.15, 0.2) is 12.1 Å².